The molecule has 2 aromatic carbocycles. The number of nitrogens with zero attached hydrogens (tertiary/aromatic N) is 2. The maximum atomic E-state index is 14.9. The highest BCUT2D eigenvalue weighted by Gasteiger charge is 2.43. The van der Waals surface area contributed by atoms with Gasteiger partial charge in [-0.3, -0.25) is 9.80 Å². The van der Waals surface area contributed by atoms with Crippen molar-refractivity contribution in [1.82, 2.24) is 9.80 Å². The Hall–Kier alpha value is -2.15. The number of ether oxygens (including phenoxy) is 1. The van der Waals surface area contributed by atoms with Crippen molar-refractivity contribution in [3.8, 4) is 11.5 Å². The number of aliphatic hydroxyl groups excluding tert-OH is 1. The van der Waals surface area contributed by atoms with E-state index in [-0.39, 0.29) is 12.3 Å². The monoisotopic (exact) mass is 456 g/mol. The van der Waals surface area contributed by atoms with Crippen LogP contribution >= 0.6 is 0 Å². The molecule has 0 bridgehead atoms. The van der Waals surface area contributed by atoms with Crippen LogP contribution in [0.3, 0.4) is 0 Å². The molecular weight excluding hydrogens is 419 g/mol. The van der Waals surface area contributed by atoms with Gasteiger partial charge in [0.25, 0.3) is 0 Å². The molecule has 0 aliphatic carbocycles. The zero-order valence-corrected chi connectivity index (χ0v) is 20.1. The molecule has 5 nitrogen and oxygen atoms in total. The van der Waals surface area contributed by atoms with Crippen molar-refractivity contribution in [3.63, 3.8) is 0 Å². The standard InChI is InChI=1S/C27H37FN2O3/c1-4-20-16-29(17-20)13-14-33-24-8-5-22(6-9-24)27(3)25-10-7-23(32)15-21(25)11-12-30(27)18-26(2,28)19-31/h5-10,15,20,31-32H,4,11-14,16-19H2,1-3H3/t26?,27-/m1/s1. The van der Waals surface area contributed by atoms with E-state index in [4.69, 9.17) is 4.74 Å². The molecule has 2 aromatic rings. The van der Waals surface area contributed by atoms with Gasteiger partial charge in [-0.1, -0.05) is 31.5 Å². The summed E-state index contributed by atoms with van der Waals surface area (Å²) >= 11 is 0. The number of hydrogen-bond acceptors (Lipinski definition) is 5. The Kier molecular flexibility index (Phi) is 6.99. The third-order valence-electron chi connectivity index (χ3n) is 7.45. The lowest BCUT2D eigenvalue weighted by Gasteiger charge is -2.48. The van der Waals surface area contributed by atoms with E-state index in [9.17, 15) is 14.6 Å². The Morgan fingerprint density at radius 2 is 1.91 bits per heavy atom. The van der Waals surface area contributed by atoms with Crippen LogP contribution in [0.15, 0.2) is 42.5 Å². The summed E-state index contributed by atoms with van der Waals surface area (Å²) in [5.41, 5.74) is 0.862. The number of aliphatic hydroxyl groups is 1. The number of alkyl halides is 1. The van der Waals surface area contributed by atoms with E-state index in [0.717, 1.165) is 41.3 Å². The average Bonchev–Trinajstić information content (AvgIpc) is 2.77. The van der Waals surface area contributed by atoms with Crippen LogP contribution in [0.2, 0.25) is 0 Å². The Labute approximate surface area is 196 Å². The number of hydrogen-bond donors (Lipinski definition) is 2. The normalized spacial score (nSPS) is 23.5. The van der Waals surface area contributed by atoms with Gasteiger partial charge in [-0.05, 0) is 67.1 Å². The number of fused-ring (bicyclic) bond motifs is 1. The van der Waals surface area contributed by atoms with Crippen molar-refractivity contribution in [1.29, 1.82) is 0 Å². The highest BCUT2D eigenvalue weighted by atomic mass is 19.1. The minimum atomic E-state index is -1.70. The van der Waals surface area contributed by atoms with Gasteiger partial charge in [0, 0.05) is 32.7 Å². The minimum Gasteiger partial charge on any atom is -0.508 e. The Morgan fingerprint density at radius 1 is 1.18 bits per heavy atom. The summed E-state index contributed by atoms with van der Waals surface area (Å²) in [7, 11) is 0. The molecule has 0 spiro atoms. The number of benzene rings is 2. The third-order valence-corrected chi connectivity index (χ3v) is 7.45. The molecular formula is C27H37FN2O3. The van der Waals surface area contributed by atoms with Crippen molar-refractivity contribution in [2.75, 3.05) is 45.9 Å². The van der Waals surface area contributed by atoms with Gasteiger partial charge in [0.2, 0.25) is 0 Å². The average molecular weight is 457 g/mol. The highest BCUT2D eigenvalue weighted by molar-refractivity contribution is 5.48. The summed E-state index contributed by atoms with van der Waals surface area (Å²) in [6.45, 7) is 9.96. The molecule has 0 amide bonds. The van der Waals surface area contributed by atoms with Gasteiger partial charge >= 0.3 is 0 Å². The molecule has 1 fully saturated rings. The lowest BCUT2D eigenvalue weighted by Crippen LogP contribution is -2.54. The predicted octanol–water partition coefficient (Wildman–Crippen LogP) is 3.95. The number of rotatable bonds is 9. The first-order chi connectivity index (χ1) is 15.7. The lowest BCUT2D eigenvalue weighted by molar-refractivity contribution is 0.0102. The molecule has 2 aliphatic rings. The van der Waals surface area contributed by atoms with Crippen LogP contribution in [0, 0.1) is 5.92 Å². The fourth-order valence-electron chi connectivity index (χ4n) is 5.22. The van der Waals surface area contributed by atoms with Gasteiger partial charge in [-0.25, -0.2) is 4.39 Å². The Balaban J connectivity index is 1.53. The molecule has 1 saturated heterocycles. The number of likely N-dealkylation sites (tertiary alicyclic amines) is 1. The topological polar surface area (TPSA) is 56.2 Å². The molecule has 180 valence electrons. The molecule has 0 radical (unpaired) electrons. The first-order valence-corrected chi connectivity index (χ1v) is 12.1. The zero-order chi connectivity index (χ0) is 23.6. The fourth-order valence-corrected chi connectivity index (χ4v) is 5.22. The van der Waals surface area contributed by atoms with E-state index in [1.807, 2.05) is 24.3 Å². The second-order valence-corrected chi connectivity index (χ2v) is 10.1. The van der Waals surface area contributed by atoms with Crippen LogP contribution in [0.4, 0.5) is 4.39 Å². The smallest absolute Gasteiger partial charge is 0.143 e. The second kappa shape index (κ2) is 9.61. The van der Waals surface area contributed by atoms with Crippen LogP contribution in [0.1, 0.15) is 43.9 Å². The SMILES string of the molecule is CCC1CN(CCOc2ccc([C@]3(C)c4ccc(O)cc4CCN3CC(C)(F)CO)cc2)C1. The molecule has 2 heterocycles. The second-order valence-electron chi connectivity index (χ2n) is 10.1. The lowest BCUT2D eigenvalue weighted by atomic mass is 9.76. The summed E-state index contributed by atoms with van der Waals surface area (Å²) in [4.78, 5) is 4.53. The van der Waals surface area contributed by atoms with Gasteiger partial charge in [0.05, 0.1) is 12.1 Å². The van der Waals surface area contributed by atoms with Gasteiger partial charge in [0.15, 0.2) is 0 Å². The molecule has 1 unspecified atom stereocenters. The fraction of sp³-hybridized carbons (Fsp3) is 0.556. The van der Waals surface area contributed by atoms with Crippen molar-refractivity contribution in [2.45, 2.75) is 44.8 Å². The summed E-state index contributed by atoms with van der Waals surface area (Å²) < 4.78 is 20.9. The van der Waals surface area contributed by atoms with Crippen LogP contribution in [0.25, 0.3) is 0 Å². The van der Waals surface area contributed by atoms with Gasteiger partial charge in [-0.2, -0.15) is 0 Å². The first kappa shape index (κ1) is 24.0. The van der Waals surface area contributed by atoms with E-state index < -0.39 is 17.8 Å². The van der Waals surface area contributed by atoms with Crippen molar-refractivity contribution in [2.24, 2.45) is 5.92 Å². The van der Waals surface area contributed by atoms with Crippen LogP contribution < -0.4 is 4.74 Å². The Bertz CT molecular complexity index is 943. The zero-order valence-electron chi connectivity index (χ0n) is 20.1. The molecule has 2 aliphatic heterocycles. The quantitative estimate of drug-likeness (QED) is 0.598. The van der Waals surface area contributed by atoms with Gasteiger partial charge in [0.1, 0.15) is 23.8 Å². The van der Waals surface area contributed by atoms with E-state index in [1.165, 1.54) is 26.4 Å². The van der Waals surface area contributed by atoms with E-state index in [1.54, 1.807) is 6.07 Å². The van der Waals surface area contributed by atoms with E-state index >= 15 is 0 Å². The first-order valence-electron chi connectivity index (χ1n) is 12.1. The summed E-state index contributed by atoms with van der Waals surface area (Å²) in [5, 5.41) is 19.6. The van der Waals surface area contributed by atoms with Crippen molar-refractivity contribution >= 4 is 0 Å². The number of phenolic OH excluding ortho intramolecular Hbond substituents is 1. The van der Waals surface area contributed by atoms with Crippen molar-refractivity contribution in [3.05, 3.63) is 59.2 Å². The molecule has 0 saturated carbocycles. The molecule has 6 heteroatoms. The molecule has 2 atom stereocenters. The summed E-state index contributed by atoms with van der Waals surface area (Å²) in [6, 6.07) is 13.5. The van der Waals surface area contributed by atoms with Crippen LogP contribution in [-0.4, -0.2) is 71.6 Å². The third kappa shape index (κ3) is 5.03. The highest BCUT2D eigenvalue weighted by Crippen LogP contribution is 2.43. The molecule has 0 aromatic heterocycles. The molecule has 33 heavy (non-hydrogen) atoms. The van der Waals surface area contributed by atoms with Gasteiger partial charge in [-0.15, -0.1) is 0 Å². The van der Waals surface area contributed by atoms with Crippen molar-refractivity contribution < 1.29 is 19.3 Å². The van der Waals surface area contributed by atoms with Gasteiger partial charge < -0.3 is 14.9 Å². The maximum Gasteiger partial charge on any atom is 0.143 e. The molecule has 4 rings (SSSR count). The number of aromatic hydroxyl groups is 1. The largest absolute Gasteiger partial charge is 0.508 e. The summed E-state index contributed by atoms with van der Waals surface area (Å²) in [5.74, 6) is 1.91. The van der Waals surface area contributed by atoms with Crippen LogP contribution in [0.5, 0.6) is 11.5 Å². The predicted molar refractivity (Wildman–Crippen MR) is 129 cm³/mol. The van der Waals surface area contributed by atoms with Crippen LogP contribution in [-0.2, 0) is 12.0 Å². The van der Waals surface area contributed by atoms with E-state index in [0.29, 0.717) is 13.2 Å². The Morgan fingerprint density at radius 3 is 2.58 bits per heavy atom. The minimum absolute atomic E-state index is 0.118. The number of phenols is 1. The molecule has 2 N–H and O–H groups in total. The van der Waals surface area contributed by atoms with E-state index in [2.05, 4.69) is 35.8 Å². The maximum absolute atomic E-state index is 14.9. The summed E-state index contributed by atoms with van der Waals surface area (Å²) in [6.07, 6.45) is 1.97. The number of halogens is 1.